The molecule has 2 aliphatic carbocycles. The molecule has 2 bridgehead atoms. The van der Waals surface area contributed by atoms with Gasteiger partial charge in [-0.25, -0.2) is 0 Å². The first-order chi connectivity index (χ1) is 12.9. The molecule has 3 aliphatic rings. The average molecular weight is 371 g/mol. The van der Waals surface area contributed by atoms with Crippen LogP contribution in [0.1, 0.15) is 24.0 Å². The third kappa shape index (κ3) is 2.46. The van der Waals surface area contributed by atoms with Crippen molar-refractivity contribution in [1.82, 2.24) is 4.90 Å². The Bertz CT molecular complexity index is 872. The van der Waals surface area contributed by atoms with E-state index in [0.717, 1.165) is 42.5 Å². The molecular formula is C21H25NO5. The maximum atomic E-state index is 12.5. The molecule has 1 saturated heterocycles. The van der Waals surface area contributed by atoms with Gasteiger partial charge in [-0.05, 0) is 62.2 Å². The smallest absolute Gasteiger partial charge is 0.220 e. The summed E-state index contributed by atoms with van der Waals surface area (Å²) in [5, 5.41) is 10.5. The number of carbonyl (C=O) groups excluding carboxylic acids is 1. The molecule has 1 fully saturated rings. The fourth-order valence-electron chi connectivity index (χ4n) is 4.88. The molecule has 0 saturated carbocycles. The maximum absolute atomic E-state index is 12.5. The van der Waals surface area contributed by atoms with Crippen LogP contribution < -0.4 is 9.47 Å². The van der Waals surface area contributed by atoms with E-state index in [1.807, 2.05) is 6.08 Å². The number of hydrogen-bond acceptors (Lipinski definition) is 6. The summed E-state index contributed by atoms with van der Waals surface area (Å²) in [7, 11) is 6.75. The van der Waals surface area contributed by atoms with Gasteiger partial charge < -0.3 is 24.2 Å². The first-order valence-electron chi connectivity index (χ1n) is 9.15. The van der Waals surface area contributed by atoms with Crippen LogP contribution in [0.4, 0.5) is 0 Å². The number of aromatic hydroxyl groups is 1. The van der Waals surface area contributed by atoms with Crippen molar-refractivity contribution in [2.24, 2.45) is 0 Å². The summed E-state index contributed by atoms with van der Waals surface area (Å²) in [4.78, 5) is 14.9. The van der Waals surface area contributed by atoms with Gasteiger partial charge in [-0.2, -0.15) is 0 Å². The van der Waals surface area contributed by atoms with Crippen LogP contribution in [0, 0.1) is 0 Å². The highest BCUT2D eigenvalue weighted by Crippen LogP contribution is 2.56. The Balaban J connectivity index is 2.09. The maximum Gasteiger partial charge on any atom is 0.220 e. The number of methoxy groups -OCH3 is 3. The number of ketones is 1. The topological polar surface area (TPSA) is 68.2 Å². The normalized spacial score (nSPS) is 27.0. The van der Waals surface area contributed by atoms with Crippen LogP contribution in [-0.4, -0.2) is 56.8 Å². The number of rotatable bonds is 3. The second kappa shape index (κ2) is 6.30. The van der Waals surface area contributed by atoms with Crippen molar-refractivity contribution in [3.05, 3.63) is 40.7 Å². The van der Waals surface area contributed by atoms with Crippen molar-refractivity contribution in [3.63, 3.8) is 0 Å². The van der Waals surface area contributed by atoms with Crippen LogP contribution in [0.2, 0.25) is 0 Å². The molecule has 0 aromatic heterocycles. The Morgan fingerprint density at radius 3 is 2.56 bits per heavy atom. The second-order valence-electron chi connectivity index (χ2n) is 7.51. The van der Waals surface area contributed by atoms with Crippen molar-refractivity contribution in [2.75, 3.05) is 34.9 Å². The standard InChI is InChI=1S/C21H25NO5/c1-22-6-5-21-11-17(25-2)15(23)10-13(21)9-14(22)7-12-8-16(24)19(26-3)20(27-4)18(12)21/h8,10-11,14,24H,5-7,9H2,1-4H3. The zero-order valence-electron chi connectivity index (χ0n) is 16.2. The van der Waals surface area contributed by atoms with Gasteiger partial charge in [0.1, 0.15) is 0 Å². The third-order valence-corrected chi connectivity index (χ3v) is 6.26. The molecule has 6 nitrogen and oxygen atoms in total. The Kier molecular flexibility index (Phi) is 4.18. The molecule has 1 N–H and O–H groups in total. The van der Waals surface area contributed by atoms with Gasteiger partial charge in [0.2, 0.25) is 11.5 Å². The summed E-state index contributed by atoms with van der Waals surface area (Å²) in [6.45, 7) is 0.884. The quantitative estimate of drug-likeness (QED) is 0.880. The van der Waals surface area contributed by atoms with E-state index in [4.69, 9.17) is 14.2 Å². The number of hydrogen-bond donors (Lipinski definition) is 1. The van der Waals surface area contributed by atoms with Gasteiger partial charge in [0, 0.05) is 17.0 Å². The number of phenolic OH excluding ortho intramolecular Hbond substituents is 1. The number of fused-ring (bicyclic) bond motifs is 2. The van der Waals surface area contributed by atoms with Crippen LogP contribution in [0.5, 0.6) is 17.2 Å². The Labute approximate surface area is 159 Å². The van der Waals surface area contributed by atoms with Crippen molar-refractivity contribution >= 4 is 5.78 Å². The second-order valence-corrected chi connectivity index (χ2v) is 7.51. The zero-order chi connectivity index (χ0) is 19.3. The third-order valence-electron chi connectivity index (χ3n) is 6.26. The summed E-state index contributed by atoms with van der Waals surface area (Å²) < 4.78 is 16.6. The van der Waals surface area contributed by atoms with Crippen molar-refractivity contribution < 1.29 is 24.1 Å². The highest BCUT2D eigenvalue weighted by Gasteiger charge is 2.48. The van der Waals surface area contributed by atoms with Crippen LogP contribution in [0.25, 0.3) is 0 Å². The molecule has 6 heteroatoms. The van der Waals surface area contributed by atoms with E-state index < -0.39 is 5.41 Å². The van der Waals surface area contributed by atoms with Gasteiger partial charge in [0.25, 0.3) is 0 Å². The number of allylic oxidation sites excluding steroid dienone is 2. The van der Waals surface area contributed by atoms with E-state index in [2.05, 4.69) is 11.9 Å². The largest absolute Gasteiger partial charge is 0.504 e. The van der Waals surface area contributed by atoms with E-state index >= 15 is 0 Å². The van der Waals surface area contributed by atoms with Crippen LogP contribution >= 0.6 is 0 Å². The van der Waals surface area contributed by atoms with Gasteiger partial charge in [-0.15, -0.1) is 0 Å². The van der Waals surface area contributed by atoms with Crippen molar-refractivity contribution in [3.8, 4) is 17.2 Å². The number of ether oxygens (including phenoxy) is 3. The molecule has 1 aromatic carbocycles. The molecule has 0 spiro atoms. The molecule has 2 atom stereocenters. The summed E-state index contributed by atoms with van der Waals surface area (Å²) >= 11 is 0. The fraction of sp³-hybridized carbons (Fsp3) is 0.476. The Morgan fingerprint density at radius 2 is 1.89 bits per heavy atom. The summed E-state index contributed by atoms with van der Waals surface area (Å²) in [5.74, 6) is 1.18. The average Bonchev–Trinajstić information content (AvgIpc) is 2.86. The molecule has 0 amide bonds. The number of nitrogens with zero attached hydrogens (tertiary/aromatic N) is 1. The Morgan fingerprint density at radius 1 is 1.15 bits per heavy atom. The minimum Gasteiger partial charge on any atom is -0.504 e. The van der Waals surface area contributed by atoms with E-state index in [9.17, 15) is 9.90 Å². The van der Waals surface area contributed by atoms with E-state index in [1.165, 1.54) is 14.2 Å². The molecule has 144 valence electrons. The minimum absolute atomic E-state index is 0.0699. The van der Waals surface area contributed by atoms with Crippen molar-refractivity contribution in [2.45, 2.75) is 30.7 Å². The zero-order valence-corrected chi connectivity index (χ0v) is 16.2. The van der Waals surface area contributed by atoms with Crippen molar-refractivity contribution in [1.29, 1.82) is 0 Å². The predicted molar refractivity (Wildman–Crippen MR) is 100 cm³/mol. The number of carbonyl (C=O) groups is 1. The number of phenols is 1. The molecule has 4 rings (SSSR count). The van der Waals surface area contributed by atoms with Gasteiger partial charge in [-0.1, -0.05) is 0 Å². The highest BCUT2D eigenvalue weighted by atomic mass is 16.5. The first-order valence-corrected chi connectivity index (χ1v) is 9.15. The molecule has 1 aliphatic heterocycles. The lowest BCUT2D eigenvalue weighted by molar-refractivity contribution is -0.114. The first kappa shape index (κ1) is 17.9. The fourth-order valence-corrected chi connectivity index (χ4v) is 4.88. The molecule has 1 aromatic rings. The summed E-state index contributed by atoms with van der Waals surface area (Å²) in [6.07, 6.45) is 6.03. The molecule has 27 heavy (non-hydrogen) atoms. The lowest BCUT2D eigenvalue weighted by Gasteiger charge is -2.38. The van der Waals surface area contributed by atoms with Gasteiger partial charge in [0.05, 0.1) is 21.3 Å². The molecule has 0 radical (unpaired) electrons. The molecular weight excluding hydrogens is 346 g/mol. The van der Waals surface area contributed by atoms with Gasteiger partial charge >= 0.3 is 0 Å². The molecule has 2 unspecified atom stereocenters. The summed E-state index contributed by atoms with van der Waals surface area (Å²) in [5.41, 5.74) is 2.56. The predicted octanol–water partition coefficient (Wildman–Crippen LogP) is 2.34. The Hall–Kier alpha value is -2.47. The van der Waals surface area contributed by atoms with Gasteiger partial charge in [-0.3, -0.25) is 4.79 Å². The minimum atomic E-state index is -0.513. The summed E-state index contributed by atoms with van der Waals surface area (Å²) in [6, 6.07) is 2.03. The highest BCUT2D eigenvalue weighted by molar-refractivity contribution is 6.05. The lowest BCUT2D eigenvalue weighted by atomic mass is 9.67. The van der Waals surface area contributed by atoms with Gasteiger partial charge in [0.15, 0.2) is 17.3 Å². The van der Waals surface area contributed by atoms with Crippen LogP contribution in [0.15, 0.2) is 29.6 Å². The monoisotopic (exact) mass is 371 g/mol. The lowest BCUT2D eigenvalue weighted by Crippen LogP contribution is -2.36. The SMILES string of the molecule is COC1=CC23CCN(C)C(CC2=CC1=O)Cc1cc(O)c(OC)c(OC)c13. The van der Waals surface area contributed by atoms with E-state index in [0.29, 0.717) is 17.3 Å². The van der Waals surface area contributed by atoms with E-state index in [1.54, 1.807) is 19.3 Å². The number of benzene rings is 1. The number of likely N-dealkylation sites (N-methyl/N-ethyl adjacent to an activating group) is 1. The van der Waals surface area contributed by atoms with Crippen LogP contribution in [0.3, 0.4) is 0 Å². The van der Waals surface area contributed by atoms with Crippen LogP contribution in [-0.2, 0) is 21.4 Å². The molecule has 1 heterocycles. The number of likely N-dealkylation sites (tertiary alicyclic amines) is 1. The van der Waals surface area contributed by atoms with E-state index in [-0.39, 0.29) is 17.6 Å².